The van der Waals surface area contributed by atoms with Crippen LogP contribution in [0.5, 0.6) is 5.75 Å². The molecule has 1 unspecified atom stereocenters. The van der Waals surface area contributed by atoms with Gasteiger partial charge in [0.1, 0.15) is 11.8 Å². The summed E-state index contributed by atoms with van der Waals surface area (Å²) in [5.74, 6) is -1.08. The van der Waals surface area contributed by atoms with Crippen molar-refractivity contribution in [1.82, 2.24) is 10.2 Å². The van der Waals surface area contributed by atoms with Crippen LogP contribution in [0.1, 0.15) is 36.5 Å². The van der Waals surface area contributed by atoms with Gasteiger partial charge in [-0.2, -0.15) is 0 Å². The first-order valence-electron chi connectivity index (χ1n) is 8.06. The van der Waals surface area contributed by atoms with Crippen LogP contribution in [-0.4, -0.2) is 53.5 Å². The maximum atomic E-state index is 12.2. The van der Waals surface area contributed by atoms with Crippen LogP contribution in [-0.2, 0) is 9.59 Å². The molecule has 2 rings (SSSR count). The van der Waals surface area contributed by atoms with Crippen molar-refractivity contribution in [3.63, 3.8) is 0 Å². The third-order valence-corrected chi connectivity index (χ3v) is 3.94. The van der Waals surface area contributed by atoms with Crippen molar-refractivity contribution in [2.45, 2.75) is 32.2 Å². The van der Waals surface area contributed by atoms with E-state index in [9.17, 15) is 19.5 Å². The zero-order chi connectivity index (χ0) is 17.5. The number of likely N-dealkylation sites (tertiary alicyclic amines) is 1. The van der Waals surface area contributed by atoms with Gasteiger partial charge in [-0.3, -0.25) is 9.59 Å². The predicted octanol–water partition coefficient (Wildman–Crippen LogP) is 1.28. The average molecular weight is 334 g/mol. The summed E-state index contributed by atoms with van der Waals surface area (Å²) in [6, 6.07) is 5.81. The van der Waals surface area contributed by atoms with Gasteiger partial charge in [-0.1, -0.05) is 0 Å². The Morgan fingerprint density at radius 3 is 2.58 bits per heavy atom. The first-order valence-corrected chi connectivity index (χ1v) is 8.06. The number of carboxylic acids is 1. The molecule has 0 spiro atoms. The molecule has 1 aromatic carbocycles. The number of aliphatic carboxylic acids is 1. The lowest BCUT2D eigenvalue weighted by Gasteiger charge is -2.33. The van der Waals surface area contributed by atoms with Gasteiger partial charge in [0.05, 0.1) is 13.2 Å². The fraction of sp³-hybridized carbons (Fsp3) is 0.471. The summed E-state index contributed by atoms with van der Waals surface area (Å²) < 4.78 is 5.30. The van der Waals surface area contributed by atoms with Crippen molar-refractivity contribution >= 4 is 17.8 Å². The van der Waals surface area contributed by atoms with E-state index in [1.54, 1.807) is 24.3 Å². The second kappa shape index (κ2) is 8.33. The number of nitrogens with one attached hydrogen (secondary N) is 1. The van der Waals surface area contributed by atoms with Crippen LogP contribution in [0.2, 0.25) is 0 Å². The highest BCUT2D eigenvalue weighted by Crippen LogP contribution is 2.17. The zero-order valence-electron chi connectivity index (χ0n) is 13.7. The fourth-order valence-corrected chi connectivity index (χ4v) is 2.72. The van der Waals surface area contributed by atoms with Crippen LogP contribution in [0.25, 0.3) is 0 Å². The monoisotopic (exact) mass is 334 g/mol. The second-order valence-electron chi connectivity index (χ2n) is 5.58. The van der Waals surface area contributed by atoms with Gasteiger partial charge in [0.15, 0.2) is 0 Å². The van der Waals surface area contributed by atoms with Gasteiger partial charge in [0, 0.05) is 12.1 Å². The first kappa shape index (κ1) is 17.8. The van der Waals surface area contributed by atoms with Crippen LogP contribution < -0.4 is 10.1 Å². The average Bonchev–Trinajstić information content (AvgIpc) is 2.60. The lowest BCUT2D eigenvalue weighted by molar-refractivity contribution is -0.151. The maximum absolute atomic E-state index is 12.2. The number of hydrogen-bond acceptors (Lipinski definition) is 4. The van der Waals surface area contributed by atoms with E-state index in [1.807, 2.05) is 6.92 Å². The summed E-state index contributed by atoms with van der Waals surface area (Å²) in [7, 11) is 0. The van der Waals surface area contributed by atoms with E-state index >= 15 is 0 Å². The number of amides is 2. The number of ether oxygens (including phenoxy) is 1. The lowest BCUT2D eigenvalue weighted by Crippen LogP contribution is -2.51. The Morgan fingerprint density at radius 2 is 1.96 bits per heavy atom. The molecule has 0 aliphatic carbocycles. The normalized spacial score (nSPS) is 17.2. The maximum Gasteiger partial charge on any atom is 0.326 e. The van der Waals surface area contributed by atoms with Crippen molar-refractivity contribution in [2.75, 3.05) is 19.7 Å². The van der Waals surface area contributed by atoms with E-state index in [4.69, 9.17) is 4.74 Å². The summed E-state index contributed by atoms with van der Waals surface area (Å²) in [6.45, 7) is 2.61. The lowest BCUT2D eigenvalue weighted by atomic mass is 10.0. The molecular weight excluding hydrogens is 312 g/mol. The molecule has 130 valence electrons. The molecule has 24 heavy (non-hydrogen) atoms. The Kier molecular flexibility index (Phi) is 6.17. The molecule has 2 amide bonds. The quantitative estimate of drug-likeness (QED) is 0.817. The molecule has 7 nitrogen and oxygen atoms in total. The van der Waals surface area contributed by atoms with E-state index in [-0.39, 0.29) is 18.4 Å². The smallest absolute Gasteiger partial charge is 0.326 e. The van der Waals surface area contributed by atoms with Gasteiger partial charge >= 0.3 is 5.97 Å². The van der Waals surface area contributed by atoms with E-state index in [0.717, 1.165) is 12.8 Å². The second-order valence-corrected chi connectivity index (χ2v) is 5.58. The summed E-state index contributed by atoms with van der Waals surface area (Å²) >= 11 is 0. The third-order valence-electron chi connectivity index (χ3n) is 3.94. The number of carbonyl (C=O) groups excluding carboxylic acids is 2. The van der Waals surface area contributed by atoms with Gasteiger partial charge < -0.3 is 20.1 Å². The van der Waals surface area contributed by atoms with E-state index in [2.05, 4.69) is 5.32 Å². The largest absolute Gasteiger partial charge is 0.494 e. The summed E-state index contributed by atoms with van der Waals surface area (Å²) in [6.07, 6.45) is 2.02. The van der Waals surface area contributed by atoms with Gasteiger partial charge in [0.25, 0.3) is 5.91 Å². The Balaban J connectivity index is 1.90. The predicted molar refractivity (Wildman–Crippen MR) is 86.9 cm³/mol. The molecule has 7 heteroatoms. The topological polar surface area (TPSA) is 95.9 Å². The number of rotatable bonds is 6. The minimum atomic E-state index is -0.999. The van der Waals surface area contributed by atoms with Crippen LogP contribution in [0.15, 0.2) is 24.3 Å². The van der Waals surface area contributed by atoms with Gasteiger partial charge in [-0.25, -0.2) is 4.79 Å². The molecular formula is C17H22N2O5. The molecule has 1 heterocycles. The van der Waals surface area contributed by atoms with Crippen molar-refractivity contribution in [2.24, 2.45) is 0 Å². The summed E-state index contributed by atoms with van der Waals surface area (Å²) in [4.78, 5) is 36.9. The third kappa shape index (κ3) is 4.47. The Bertz CT molecular complexity index is 600. The molecule has 0 aromatic heterocycles. The number of carbonyl (C=O) groups is 3. The highest BCUT2D eigenvalue weighted by Gasteiger charge is 2.31. The first-order chi connectivity index (χ1) is 11.5. The molecule has 0 radical (unpaired) electrons. The number of benzene rings is 1. The number of carboxylic acid groups (broad SMARTS) is 1. The minimum Gasteiger partial charge on any atom is -0.494 e. The van der Waals surface area contributed by atoms with Crippen molar-refractivity contribution in [1.29, 1.82) is 0 Å². The molecule has 1 saturated heterocycles. The van der Waals surface area contributed by atoms with E-state index in [1.165, 1.54) is 4.90 Å². The number of nitrogens with zero attached hydrogens (tertiary/aromatic N) is 1. The SMILES string of the molecule is CCOc1ccc(C(=O)NCC(=O)N2CCCCC2C(=O)O)cc1. The number of hydrogen-bond donors (Lipinski definition) is 2. The van der Waals surface area contributed by atoms with E-state index in [0.29, 0.717) is 30.9 Å². The van der Waals surface area contributed by atoms with Gasteiger partial charge in [-0.05, 0) is 50.5 Å². The van der Waals surface area contributed by atoms with E-state index < -0.39 is 12.0 Å². The van der Waals surface area contributed by atoms with Gasteiger partial charge in [-0.15, -0.1) is 0 Å². The highest BCUT2D eigenvalue weighted by molar-refractivity contribution is 5.97. The molecule has 0 bridgehead atoms. The van der Waals surface area contributed by atoms with Crippen molar-refractivity contribution in [3.8, 4) is 5.75 Å². The molecule has 0 saturated carbocycles. The Labute approximate surface area is 140 Å². The molecule has 2 N–H and O–H groups in total. The molecule has 1 aliphatic heterocycles. The van der Waals surface area contributed by atoms with Crippen LogP contribution in [0, 0.1) is 0 Å². The summed E-state index contributed by atoms with van der Waals surface area (Å²) in [5.41, 5.74) is 0.416. The van der Waals surface area contributed by atoms with Gasteiger partial charge in [0.2, 0.25) is 5.91 Å². The molecule has 1 aromatic rings. The molecule has 1 atom stereocenters. The zero-order valence-corrected chi connectivity index (χ0v) is 13.7. The Hall–Kier alpha value is -2.57. The van der Waals surface area contributed by atoms with Crippen LogP contribution >= 0.6 is 0 Å². The van der Waals surface area contributed by atoms with Crippen LogP contribution in [0.4, 0.5) is 0 Å². The molecule has 1 fully saturated rings. The minimum absolute atomic E-state index is 0.212. The standard InChI is InChI=1S/C17H22N2O5/c1-2-24-13-8-6-12(7-9-13)16(21)18-11-15(20)19-10-4-3-5-14(19)17(22)23/h6-9,14H,2-5,10-11H2,1H3,(H,18,21)(H,22,23). The van der Waals surface area contributed by atoms with Crippen molar-refractivity contribution < 1.29 is 24.2 Å². The van der Waals surface area contributed by atoms with Crippen LogP contribution in [0.3, 0.4) is 0 Å². The highest BCUT2D eigenvalue weighted by atomic mass is 16.5. The Morgan fingerprint density at radius 1 is 1.25 bits per heavy atom. The molecule has 1 aliphatic rings. The number of piperidine rings is 1. The fourth-order valence-electron chi connectivity index (χ4n) is 2.72. The van der Waals surface area contributed by atoms with Crippen molar-refractivity contribution in [3.05, 3.63) is 29.8 Å². The summed E-state index contributed by atoms with van der Waals surface area (Å²) in [5, 5.41) is 11.7.